The molecule has 0 aromatic carbocycles. The summed E-state index contributed by atoms with van der Waals surface area (Å²) < 4.78 is 1.74. The third-order valence-electron chi connectivity index (χ3n) is 1.49. The van der Waals surface area contributed by atoms with E-state index < -0.39 is 0 Å². The standard InChI is InChI=1S/C9H13N3O/c1-4-5-13-10-6-9-8(2)7-12(3)11-9/h4,6-7H,1,5H2,2-3H3. The molecule has 1 aromatic heterocycles. The summed E-state index contributed by atoms with van der Waals surface area (Å²) in [4.78, 5) is 4.85. The van der Waals surface area contributed by atoms with E-state index in [0.717, 1.165) is 11.3 Å². The summed E-state index contributed by atoms with van der Waals surface area (Å²) in [7, 11) is 1.87. The summed E-state index contributed by atoms with van der Waals surface area (Å²) in [5.41, 5.74) is 1.90. The molecule has 13 heavy (non-hydrogen) atoms. The molecule has 0 saturated heterocycles. The van der Waals surface area contributed by atoms with E-state index in [0.29, 0.717) is 6.61 Å². The molecule has 0 spiro atoms. The second-order valence-corrected chi connectivity index (χ2v) is 2.69. The Labute approximate surface area is 77.5 Å². The fraction of sp³-hybridized carbons (Fsp3) is 0.333. The van der Waals surface area contributed by atoms with E-state index in [2.05, 4.69) is 16.8 Å². The number of oxime groups is 1. The molecule has 0 amide bonds. The molecular weight excluding hydrogens is 166 g/mol. The molecule has 4 heteroatoms. The molecule has 4 nitrogen and oxygen atoms in total. The molecule has 0 saturated carbocycles. The van der Waals surface area contributed by atoms with Gasteiger partial charge in [0.1, 0.15) is 12.3 Å². The zero-order valence-electron chi connectivity index (χ0n) is 7.90. The summed E-state index contributed by atoms with van der Waals surface area (Å²) in [6.07, 6.45) is 5.16. The number of nitrogens with zero attached hydrogens (tertiary/aromatic N) is 3. The SMILES string of the molecule is C=CCON=Cc1nn(C)cc1C. The number of hydrogen-bond acceptors (Lipinski definition) is 3. The second kappa shape index (κ2) is 4.45. The summed E-state index contributed by atoms with van der Waals surface area (Å²) in [6, 6.07) is 0. The minimum Gasteiger partial charge on any atom is -0.392 e. The van der Waals surface area contributed by atoms with Crippen molar-refractivity contribution in [3.8, 4) is 0 Å². The van der Waals surface area contributed by atoms with Crippen molar-refractivity contribution in [2.45, 2.75) is 6.92 Å². The average Bonchev–Trinajstić information content (AvgIpc) is 2.39. The molecule has 0 radical (unpaired) electrons. The molecule has 1 heterocycles. The van der Waals surface area contributed by atoms with Crippen LogP contribution in [0.15, 0.2) is 24.0 Å². The normalized spacial score (nSPS) is 10.6. The molecule has 70 valence electrons. The first kappa shape index (κ1) is 9.51. The van der Waals surface area contributed by atoms with Crippen molar-refractivity contribution >= 4 is 6.21 Å². The van der Waals surface area contributed by atoms with Crippen LogP contribution in [0.4, 0.5) is 0 Å². The molecule has 0 aliphatic carbocycles. The Morgan fingerprint density at radius 1 is 1.77 bits per heavy atom. The van der Waals surface area contributed by atoms with E-state index in [1.54, 1.807) is 17.0 Å². The Morgan fingerprint density at radius 2 is 2.54 bits per heavy atom. The van der Waals surface area contributed by atoms with Crippen LogP contribution >= 0.6 is 0 Å². The van der Waals surface area contributed by atoms with Gasteiger partial charge in [0.05, 0.1) is 6.21 Å². The van der Waals surface area contributed by atoms with Gasteiger partial charge in [0.15, 0.2) is 0 Å². The minimum absolute atomic E-state index is 0.419. The number of hydrogen-bond donors (Lipinski definition) is 0. The van der Waals surface area contributed by atoms with Crippen LogP contribution in [0.1, 0.15) is 11.3 Å². The van der Waals surface area contributed by atoms with Crippen molar-refractivity contribution < 1.29 is 4.84 Å². The minimum atomic E-state index is 0.419. The highest BCUT2D eigenvalue weighted by Crippen LogP contribution is 2.00. The van der Waals surface area contributed by atoms with E-state index in [4.69, 9.17) is 4.84 Å². The fourth-order valence-corrected chi connectivity index (χ4v) is 0.935. The predicted octanol–water partition coefficient (Wildman–Crippen LogP) is 1.27. The summed E-state index contributed by atoms with van der Waals surface area (Å²) in [6.45, 7) is 5.90. The maximum absolute atomic E-state index is 4.85. The van der Waals surface area contributed by atoms with Crippen LogP contribution in [0, 0.1) is 6.92 Å². The van der Waals surface area contributed by atoms with Crippen molar-refractivity contribution in [2.75, 3.05) is 6.61 Å². The van der Waals surface area contributed by atoms with E-state index >= 15 is 0 Å². The van der Waals surface area contributed by atoms with Gasteiger partial charge in [-0.25, -0.2) is 0 Å². The highest BCUT2D eigenvalue weighted by Gasteiger charge is 1.98. The number of aromatic nitrogens is 2. The lowest BCUT2D eigenvalue weighted by molar-refractivity contribution is 0.176. The summed E-state index contributed by atoms with van der Waals surface area (Å²) in [5, 5.41) is 7.90. The molecular formula is C9H13N3O. The highest BCUT2D eigenvalue weighted by molar-refractivity contribution is 5.78. The number of aryl methyl sites for hydroxylation is 2. The Hall–Kier alpha value is -1.58. The topological polar surface area (TPSA) is 39.4 Å². The zero-order valence-corrected chi connectivity index (χ0v) is 7.90. The highest BCUT2D eigenvalue weighted by atomic mass is 16.6. The first-order valence-electron chi connectivity index (χ1n) is 4.00. The molecule has 0 fully saturated rings. The third-order valence-corrected chi connectivity index (χ3v) is 1.49. The van der Waals surface area contributed by atoms with Gasteiger partial charge in [-0.05, 0) is 12.5 Å². The van der Waals surface area contributed by atoms with Gasteiger partial charge in [-0.3, -0.25) is 4.68 Å². The maximum atomic E-state index is 4.85. The molecule has 0 atom stereocenters. The van der Waals surface area contributed by atoms with Crippen molar-refractivity contribution in [1.82, 2.24) is 9.78 Å². The van der Waals surface area contributed by atoms with Crippen molar-refractivity contribution in [1.29, 1.82) is 0 Å². The van der Waals surface area contributed by atoms with Gasteiger partial charge in [-0.2, -0.15) is 5.10 Å². The van der Waals surface area contributed by atoms with Crippen LogP contribution in [0.3, 0.4) is 0 Å². The molecule has 1 rings (SSSR count). The van der Waals surface area contributed by atoms with Gasteiger partial charge in [0, 0.05) is 13.2 Å². The lowest BCUT2D eigenvalue weighted by Crippen LogP contribution is -1.91. The monoisotopic (exact) mass is 179 g/mol. The van der Waals surface area contributed by atoms with Gasteiger partial charge < -0.3 is 4.84 Å². The van der Waals surface area contributed by atoms with Gasteiger partial charge in [0.25, 0.3) is 0 Å². The molecule has 0 unspecified atom stereocenters. The first-order chi connectivity index (χ1) is 6.24. The van der Waals surface area contributed by atoms with Crippen LogP contribution in [-0.4, -0.2) is 22.6 Å². The molecule has 0 bridgehead atoms. The summed E-state index contributed by atoms with van der Waals surface area (Å²) >= 11 is 0. The average molecular weight is 179 g/mol. The molecule has 0 N–H and O–H groups in total. The fourth-order valence-electron chi connectivity index (χ4n) is 0.935. The van der Waals surface area contributed by atoms with E-state index in [1.165, 1.54) is 0 Å². The van der Waals surface area contributed by atoms with E-state index in [-0.39, 0.29) is 0 Å². The molecule has 0 aliphatic heterocycles. The largest absolute Gasteiger partial charge is 0.392 e. The van der Waals surface area contributed by atoms with Gasteiger partial charge in [-0.1, -0.05) is 17.8 Å². The Morgan fingerprint density at radius 3 is 3.08 bits per heavy atom. The third kappa shape index (κ3) is 2.74. The second-order valence-electron chi connectivity index (χ2n) is 2.69. The van der Waals surface area contributed by atoms with E-state index in [9.17, 15) is 0 Å². The van der Waals surface area contributed by atoms with Crippen LogP contribution in [0.5, 0.6) is 0 Å². The van der Waals surface area contributed by atoms with Crippen molar-refractivity contribution in [3.63, 3.8) is 0 Å². The lowest BCUT2D eigenvalue weighted by atomic mass is 10.3. The molecule has 1 aromatic rings. The molecule has 0 aliphatic rings. The summed E-state index contributed by atoms with van der Waals surface area (Å²) in [5.74, 6) is 0. The van der Waals surface area contributed by atoms with Gasteiger partial charge in [-0.15, -0.1) is 0 Å². The predicted molar refractivity (Wildman–Crippen MR) is 51.7 cm³/mol. The maximum Gasteiger partial charge on any atom is 0.135 e. The van der Waals surface area contributed by atoms with Gasteiger partial charge >= 0.3 is 0 Å². The smallest absolute Gasteiger partial charge is 0.135 e. The Kier molecular flexibility index (Phi) is 3.25. The van der Waals surface area contributed by atoms with E-state index in [1.807, 2.05) is 20.2 Å². The van der Waals surface area contributed by atoms with Crippen LogP contribution in [-0.2, 0) is 11.9 Å². The van der Waals surface area contributed by atoms with Crippen molar-refractivity contribution in [2.24, 2.45) is 12.2 Å². The quantitative estimate of drug-likeness (QED) is 0.302. The van der Waals surface area contributed by atoms with Gasteiger partial charge in [0.2, 0.25) is 0 Å². The number of rotatable bonds is 4. The Bertz CT molecular complexity index is 315. The van der Waals surface area contributed by atoms with Crippen molar-refractivity contribution in [3.05, 3.63) is 30.1 Å². The zero-order chi connectivity index (χ0) is 9.68. The lowest BCUT2D eigenvalue weighted by Gasteiger charge is -1.90. The van der Waals surface area contributed by atoms with Crippen LogP contribution in [0.25, 0.3) is 0 Å². The Balaban J connectivity index is 2.57. The van der Waals surface area contributed by atoms with Crippen LogP contribution in [0.2, 0.25) is 0 Å². The first-order valence-corrected chi connectivity index (χ1v) is 4.00. The van der Waals surface area contributed by atoms with Crippen LogP contribution < -0.4 is 0 Å².